The Balaban J connectivity index is 1.90. The van der Waals surface area contributed by atoms with Crippen LogP contribution in [0.1, 0.15) is 16.5 Å². The Hall–Kier alpha value is -1.12. The van der Waals surface area contributed by atoms with E-state index < -0.39 is 17.8 Å². The average molecular weight is 407 g/mol. The minimum Gasteiger partial charge on any atom is -0.488 e. The van der Waals surface area contributed by atoms with Crippen molar-refractivity contribution in [3.63, 3.8) is 0 Å². The van der Waals surface area contributed by atoms with Crippen molar-refractivity contribution in [1.82, 2.24) is 10.3 Å². The summed E-state index contributed by atoms with van der Waals surface area (Å²) in [4.78, 5) is 4.19. The summed E-state index contributed by atoms with van der Waals surface area (Å²) in [6.07, 6.45) is -3.17. The SMILES string of the molecule is FC(F)(F)c1ccccc1OC1C(Br)CNCC1c1nccs1. The van der Waals surface area contributed by atoms with Gasteiger partial charge < -0.3 is 10.1 Å². The van der Waals surface area contributed by atoms with E-state index in [9.17, 15) is 13.2 Å². The average Bonchev–Trinajstić information content (AvgIpc) is 3.03. The lowest BCUT2D eigenvalue weighted by molar-refractivity contribution is -0.139. The molecule has 1 aromatic carbocycles. The highest BCUT2D eigenvalue weighted by Gasteiger charge is 2.39. The van der Waals surface area contributed by atoms with Crippen LogP contribution in [0.25, 0.3) is 0 Å². The molecule has 3 rings (SSSR count). The zero-order valence-corrected chi connectivity index (χ0v) is 14.3. The second-order valence-electron chi connectivity index (χ2n) is 5.23. The van der Waals surface area contributed by atoms with Gasteiger partial charge in [-0.05, 0) is 12.1 Å². The molecule has 1 aliphatic heterocycles. The van der Waals surface area contributed by atoms with E-state index in [1.807, 2.05) is 5.38 Å². The smallest absolute Gasteiger partial charge is 0.419 e. The standard InChI is InChI=1S/C15H14BrF3N2OS/c16-11-8-20-7-9(14-21-5-6-23-14)13(11)22-12-4-2-1-3-10(12)15(17,18)19/h1-6,9,11,13,20H,7-8H2. The number of benzene rings is 1. The minimum absolute atomic E-state index is 0.102. The number of nitrogens with zero attached hydrogens (tertiary/aromatic N) is 1. The van der Waals surface area contributed by atoms with E-state index in [4.69, 9.17) is 4.74 Å². The summed E-state index contributed by atoms with van der Waals surface area (Å²) >= 11 is 5.00. The van der Waals surface area contributed by atoms with Crippen molar-refractivity contribution in [3.05, 3.63) is 46.4 Å². The van der Waals surface area contributed by atoms with Gasteiger partial charge in [0.05, 0.1) is 16.3 Å². The van der Waals surface area contributed by atoms with Crippen LogP contribution in [0.5, 0.6) is 5.75 Å². The van der Waals surface area contributed by atoms with Gasteiger partial charge in [-0.25, -0.2) is 4.98 Å². The molecular formula is C15H14BrF3N2OS. The van der Waals surface area contributed by atoms with E-state index in [0.29, 0.717) is 13.1 Å². The quantitative estimate of drug-likeness (QED) is 0.780. The van der Waals surface area contributed by atoms with Crippen molar-refractivity contribution < 1.29 is 17.9 Å². The third-order valence-electron chi connectivity index (χ3n) is 3.68. The molecule has 8 heteroatoms. The number of rotatable bonds is 3. The largest absolute Gasteiger partial charge is 0.488 e. The van der Waals surface area contributed by atoms with Crippen LogP contribution in [0.2, 0.25) is 0 Å². The molecule has 2 aromatic rings. The van der Waals surface area contributed by atoms with Gasteiger partial charge in [-0.15, -0.1) is 11.3 Å². The van der Waals surface area contributed by atoms with Gasteiger partial charge in [0.2, 0.25) is 0 Å². The summed E-state index contributed by atoms with van der Waals surface area (Å²) in [6, 6.07) is 5.32. The van der Waals surface area contributed by atoms with Crippen LogP contribution in [0, 0.1) is 0 Å². The Morgan fingerprint density at radius 3 is 2.74 bits per heavy atom. The molecule has 3 nitrogen and oxygen atoms in total. The highest BCUT2D eigenvalue weighted by atomic mass is 79.9. The molecule has 3 atom stereocenters. The molecule has 2 heterocycles. The molecule has 0 radical (unpaired) electrons. The molecule has 0 saturated carbocycles. The molecular weight excluding hydrogens is 393 g/mol. The number of halogens is 4. The number of alkyl halides is 4. The van der Waals surface area contributed by atoms with E-state index in [1.54, 1.807) is 12.3 Å². The van der Waals surface area contributed by atoms with Crippen molar-refractivity contribution in [2.45, 2.75) is 23.0 Å². The summed E-state index contributed by atoms with van der Waals surface area (Å²) in [5.74, 6) is -0.243. The second kappa shape index (κ2) is 6.78. The van der Waals surface area contributed by atoms with Crippen molar-refractivity contribution in [2.75, 3.05) is 13.1 Å². The molecule has 1 fully saturated rings. The zero-order chi connectivity index (χ0) is 16.4. The van der Waals surface area contributed by atoms with E-state index >= 15 is 0 Å². The van der Waals surface area contributed by atoms with Gasteiger partial charge in [0, 0.05) is 24.7 Å². The van der Waals surface area contributed by atoms with Crippen molar-refractivity contribution in [1.29, 1.82) is 0 Å². The Kier molecular flexibility index (Phi) is 4.93. The summed E-state index contributed by atoms with van der Waals surface area (Å²) in [7, 11) is 0. The summed E-state index contributed by atoms with van der Waals surface area (Å²) in [6.45, 7) is 1.25. The van der Waals surface area contributed by atoms with Crippen LogP contribution in [0.4, 0.5) is 13.2 Å². The Morgan fingerprint density at radius 2 is 2.04 bits per heavy atom. The first-order valence-electron chi connectivity index (χ1n) is 7.04. The van der Waals surface area contributed by atoms with Crippen LogP contribution in [0.3, 0.4) is 0 Å². The second-order valence-corrected chi connectivity index (χ2v) is 7.33. The fraction of sp³-hybridized carbons (Fsp3) is 0.400. The van der Waals surface area contributed by atoms with Gasteiger partial charge in [-0.3, -0.25) is 0 Å². The molecule has 1 aromatic heterocycles. The molecule has 0 spiro atoms. The predicted molar refractivity (Wildman–Crippen MR) is 86.3 cm³/mol. The lowest BCUT2D eigenvalue weighted by Crippen LogP contribution is -2.49. The van der Waals surface area contributed by atoms with Gasteiger partial charge in [-0.2, -0.15) is 13.2 Å². The lowest BCUT2D eigenvalue weighted by atomic mass is 9.96. The molecule has 0 aliphatic carbocycles. The van der Waals surface area contributed by atoms with Crippen LogP contribution < -0.4 is 10.1 Å². The first-order chi connectivity index (χ1) is 11.0. The Labute approximate surface area is 144 Å². The number of thiazole rings is 1. The summed E-state index contributed by atoms with van der Waals surface area (Å²) in [5, 5.41) is 5.96. The van der Waals surface area contributed by atoms with E-state index in [-0.39, 0.29) is 16.5 Å². The Bertz CT molecular complexity index is 650. The highest BCUT2D eigenvalue weighted by molar-refractivity contribution is 9.09. The summed E-state index contributed by atoms with van der Waals surface area (Å²) in [5.41, 5.74) is -0.754. The maximum Gasteiger partial charge on any atom is 0.419 e. The van der Waals surface area contributed by atoms with E-state index in [1.165, 1.54) is 23.5 Å². The van der Waals surface area contributed by atoms with Gasteiger partial charge >= 0.3 is 6.18 Å². The van der Waals surface area contributed by atoms with Crippen LogP contribution in [-0.2, 0) is 6.18 Å². The Morgan fingerprint density at radius 1 is 1.26 bits per heavy atom. The molecule has 0 bridgehead atoms. The fourth-order valence-electron chi connectivity index (χ4n) is 2.61. The molecule has 1 saturated heterocycles. The number of piperidine rings is 1. The molecule has 1 N–H and O–H groups in total. The molecule has 1 aliphatic rings. The zero-order valence-electron chi connectivity index (χ0n) is 11.9. The number of nitrogens with one attached hydrogen (secondary N) is 1. The summed E-state index contributed by atoms with van der Waals surface area (Å²) < 4.78 is 45.3. The minimum atomic E-state index is -4.44. The van der Waals surface area contributed by atoms with Crippen LogP contribution in [0.15, 0.2) is 35.8 Å². The topological polar surface area (TPSA) is 34.1 Å². The van der Waals surface area contributed by atoms with E-state index in [0.717, 1.165) is 11.1 Å². The van der Waals surface area contributed by atoms with Crippen LogP contribution >= 0.6 is 27.3 Å². The molecule has 3 unspecified atom stereocenters. The van der Waals surface area contributed by atoms with Gasteiger partial charge in [0.15, 0.2) is 0 Å². The van der Waals surface area contributed by atoms with Gasteiger partial charge in [0.1, 0.15) is 16.9 Å². The number of para-hydroxylation sites is 1. The number of hydrogen-bond donors (Lipinski definition) is 1. The van der Waals surface area contributed by atoms with E-state index in [2.05, 4.69) is 26.2 Å². The van der Waals surface area contributed by atoms with Gasteiger partial charge in [-0.1, -0.05) is 28.1 Å². The fourth-order valence-corrected chi connectivity index (χ4v) is 4.09. The number of hydrogen-bond acceptors (Lipinski definition) is 4. The maximum atomic E-state index is 13.2. The first kappa shape index (κ1) is 16.7. The predicted octanol–water partition coefficient (Wildman–Crippen LogP) is 4.06. The van der Waals surface area contributed by atoms with Crippen LogP contribution in [-0.4, -0.2) is 29.0 Å². The highest BCUT2D eigenvalue weighted by Crippen LogP contribution is 2.39. The lowest BCUT2D eigenvalue weighted by Gasteiger charge is -2.35. The molecule has 0 amide bonds. The van der Waals surface area contributed by atoms with Gasteiger partial charge in [0.25, 0.3) is 0 Å². The van der Waals surface area contributed by atoms with Crippen molar-refractivity contribution in [2.24, 2.45) is 0 Å². The third-order valence-corrected chi connectivity index (χ3v) is 5.43. The number of ether oxygens (including phenoxy) is 1. The normalized spacial score (nSPS) is 25.3. The number of aromatic nitrogens is 1. The van der Waals surface area contributed by atoms with Crippen molar-refractivity contribution >= 4 is 27.3 Å². The molecule has 23 heavy (non-hydrogen) atoms. The third kappa shape index (κ3) is 3.70. The first-order valence-corrected chi connectivity index (χ1v) is 8.83. The maximum absolute atomic E-state index is 13.2. The molecule has 124 valence electrons. The van der Waals surface area contributed by atoms with Crippen molar-refractivity contribution in [3.8, 4) is 5.75 Å². The monoisotopic (exact) mass is 406 g/mol.